The molecule has 1 atom stereocenters. The third kappa shape index (κ3) is 3.38. The molecule has 5 rings (SSSR count). The van der Waals surface area contributed by atoms with Crippen molar-refractivity contribution in [3.05, 3.63) is 59.5 Å². The number of nitrogens with one attached hydrogen (secondary N) is 2. The van der Waals surface area contributed by atoms with Crippen molar-refractivity contribution < 1.29 is 18.8 Å². The van der Waals surface area contributed by atoms with Gasteiger partial charge in [0.2, 0.25) is 11.8 Å². The lowest BCUT2D eigenvalue weighted by molar-refractivity contribution is -0.123. The third-order valence-corrected chi connectivity index (χ3v) is 5.98. The van der Waals surface area contributed by atoms with Crippen molar-refractivity contribution in [2.75, 3.05) is 16.8 Å². The molecule has 3 aromatic rings. The molecule has 2 aliphatic rings. The molecule has 1 aromatic heterocycles. The Labute approximate surface area is 177 Å². The number of amides is 3. The first-order valence-electron chi connectivity index (χ1n) is 10.2. The average Bonchev–Trinajstić information content (AvgIpc) is 3.24. The van der Waals surface area contributed by atoms with E-state index in [-0.39, 0.29) is 30.0 Å². The van der Waals surface area contributed by atoms with Gasteiger partial charge in [0.25, 0.3) is 5.91 Å². The number of imide groups is 1. The van der Waals surface area contributed by atoms with Crippen LogP contribution in [0.4, 0.5) is 15.8 Å². The number of aromatic amines is 1. The maximum atomic E-state index is 13.8. The van der Waals surface area contributed by atoms with E-state index >= 15 is 0 Å². The highest BCUT2D eigenvalue weighted by Crippen LogP contribution is 2.33. The number of fused-ring (bicyclic) bond motifs is 3. The first-order chi connectivity index (χ1) is 14.9. The second-order valence-electron chi connectivity index (χ2n) is 8.01. The van der Waals surface area contributed by atoms with Crippen LogP contribution in [0.5, 0.6) is 0 Å². The summed E-state index contributed by atoms with van der Waals surface area (Å²) < 4.78 is 13.8. The summed E-state index contributed by atoms with van der Waals surface area (Å²) in [6.07, 6.45) is 0.813. The smallest absolute Gasteiger partial charge is 0.251 e. The van der Waals surface area contributed by atoms with Crippen molar-refractivity contribution in [3.8, 4) is 0 Å². The minimum atomic E-state index is -0.547. The molecule has 158 valence electrons. The number of rotatable bonds is 3. The summed E-state index contributed by atoms with van der Waals surface area (Å²) in [4.78, 5) is 43.6. The van der Waals surface area contributed by atoms with Crippen LogP contribution in [0.2, 0.25) is 0 Å². The van der Waals surface area contributed by atoms with Crippen molar-refractivity contribution >= 4 is 40.0 Å². The average molecular weight is 420 g/mol. The maximum absolute atomic E-state index is 13.8. The molecule has 2 N–H and O–H groups in total. The SMILES string of the molecule is CC(=O)Nc1ccc(N2C(=O)C[C@H](N3CCc4[nH]c5ccc(F)cc5c4C3)C2=O)cc1. The summed E-state index contributed by atoms with van der Waals surface area (Å²) in [6.45, 7) is 2.54. The van der Waals surface area contributed by atoms with E-state index < -0.39 is 6.04 Å². The number of carbonyl (C=O) groups is 3. The quantitative estimate of drug-likeness (QED) is 0.638. The highest BCUT2D eigenvalue weighted by Gasteiger charge is 2.43. The van der Waals surface area contributed by atoms with Gasteiger partial charge in [0.15, 0.2) is 0 Å². The first kappa shape index (κ1) is 19.4. The Kier molecular flexibility index (Phi) is 4.59. The van der Waals surface area contributed by atoms with Crippen molar-refractivity contribution in [2.24, 2.45) is 0 Å². The highest BCUT2D eigenvalue weighted by molar-refractivity contribution is 6.22. The number of halogens is 1. The van der Waals surface area contributed by atoms with Crippen LogP contribution in [0.1, 0.15) is 24.6 Å². The number of carbonyl (C=O) groups excluding carboxylic acids is 3. The van der Waals surface area contributed by atoms with E-state index in [4.69, 9.17) is 0 Å². The van der Waals surface area contributed by atoms with Gasteiger partial charge in [-0.05, 0) is 48.0 Å². The Bertz CT molecular complexity index is 1220. The Balaban J connectivity index is 1.38. The van der Waals surface area contributed by atoms with Crippen LogP contribution in [0.3, 0.4) is 0 Å². The van der Waals surface area contributed by atoms with E-state index in [0.717, 1.165) is 22.2 Å². The lowest BCUT2D eigenvalue weighted by Gasteiger charge is -2.31. The minimum absolute atomic E-state index is 0.109. The molecular weight excluding hydrogens is 399 g/mol. The zero-order valence-corrected chi connectivity index (χ0v) is 16.9. The van der Waals surface area contributed by atoms with Gasteiger partial charge < -0.3 is 10.3 Å². The normalized spacial score (nSPS) is 19.2. The zero-order chi connectivity index (χ0) is 21.7. The van der Waals surface area contributed by atoms with Crippen LogP contribution in [-0.4, -0.2) is 40.2 Å². The van der Waals surface area contributed by atoms with E-state index in [0.29, 0.717) is 30.9 Å². The Morgan fingerprint density at radius 2 is 1.94 bits per heavy atom. The van der Waals surface area contributed by atoms with Gasteiger partial charge in [0, 0.05) is 48.7 Å². The van der Waals surface area contributed by atoms with Crippen LogP contribution >= 0.6 is 0 Å². The second-order valence-corrected chi connectivity index (χ2v) is 8.01. The van der Waals surface area contributed by atoms with Gasteiger partial charge in [0.1, 0.15) is 5.82 Å². The molecule has 0 spiro atoms. The molecule has 3 heterocycles. The van der Waals surface area contributed by atoms with E-state index in [9.17, 15) is 18.8 Å². The van der Waals surface area contributed by atoms with Crippen LogP contribution in [-0.2, 0) is 27.3 Å². The highest BCUT2D eigenvalue weighted by atomic mass is 19.1. The van der Waals surface area contributed by atoms with Gasteiger partial charge in [-0.15, -0.1) is 0 Å². The summed E-state index contributed by atoms with van der Waals surface area (Å²) in [5, 5.41) is 3.49. The second kappa shape index (κ2) is 7.31. The van der Waals surface area contributed by atoms with E-state index in [1.807, 2.05) is 4.90 Å². The van der Waals surface area contributed by atoms with Gasteiger partial charge in [-0.25, -0.2) is 9.29 Å². The maximum Gasteiger partial charge on any atom is 0.251 e. The summed E-state index contributed by atoms with van der Waals surface area (Å²) in [5.41, 5.74) is 4.00. The lowest BCUT2D eigenvalue weighted by Crippen LogP contribution is -2.44. The first-order valence-corrected chi connectivity index (χ1v) is 10.2. The fraction of sp³-hybridized carbons (Fsp3) is 0.261. The van der Waals surface area contributed by atoms with Gasteiger partial charge in [-0.3, -0.25) is 19.3 Å². The van der Waals surface area contributed by atoms with Crippen LogP contribution < -0.4 is 10.2 Å². The predicted molar refractivity (Wildman–Crippen MR) is 114 cm³/mol. The molecule has 2 aromatic carbocycles. The molecule has 0 bridgehead atoms. The monoisotopic (exact) mass is 420 g/mol. The Morgan fingerprint density at radius 3 is 2.68 bits per heavy atom. The molecule has 31 heavy (non-hydrogen) atoms. The summed E-state index contributed by atoms with van der Waals surface area (Å²) >= 11 is 0. The number of hydrogen-bond donors (Lipinski definition) is 2. The fourth-order valence-electron chi connectivity index (χ4n) is 4.54. The number of hydrogen-bond acceptors (Lipinski definition) is 4. The van der Waals surface area contributed by atoms with E-state index in [1.165, 1.54) is 24.0 Å². The number of anilines is 2. The minimum Gasteiger partial charge on any atom is -0.358 e. The third-order valence-electron chi connectivity index (χ3n) is 5.98. The standard InChI is InChI=1S/C23H21FN4O3/c1-13(29)25-15-3-5-16(6-4-15)28-22(30)11-21(23(28)31)27-9-8-20-18(12-27)17-10-14(24)2-7-19(17)26-20/h2-7,10,21,26H,8-9,11-12H2,1H3,(H,25,29)/t21-/m0/s1. The summed E-state index contributed by atoms with van der Waals surface area (Å²) in [5.74, 6) is -1.00. The van der Waals surface area contributed by atoms with Gasteiger partial charge in [-0.2, -0.15) is 0 Å². The number of nitrogens with zero attached hydrogens (tertiary/aromatic N) is 2. The molecule has 0 saturated carbocycles. The van der Waals surface area contributed by atoms with Crippen molar-refractivity contribution in [3.63, 3.8) is 0 Å². The molecule has 1 fully saturated rings. The van der Waals surface area contributed by atoms with Crippen LogP contribution in [0.15, 0.2) is 42.5 Å². The molecule has 0 unspecified atom stereocenters. The molecule has 7 nitrogen and oxygen atoms in total. The zero-order valence-electron chi connectivity index (χ0n) is 16.9. The van der Waals surface area contributed by atoms with Crippen molar-refractivity contribution in [2.45, 2.75) is 32.4 Å². The fourth-order valence-corrected chi connectivity index (χ4v) is 4.54. The molecule has 3 amide bonds. The topological polar surface area (TPSA) is 85.5 Å². The van der Waals surface area contributed by atoms with Crippen LogP contribution in [0.25, 0.3) is 10.9 Å². The Hall–Kier alpha value is -3.52. The van der Waals surface area contributed by atoms with Gasteiger partial charge >= 0.3 is 0 Å². The molecule has 0 aliphatic carbocycles. The number of benzene rings is 2. The predicted octanol–water partition coefficient (Wildman–Crippen LogP) is 2.96. The Morgan fingerprint density at radius 1 is 1.16 bits per heavy atom. The van der Waals surface area contributed by atoms with Gasteiger partial charge in [-0.1, -0.05) is 0 Å². The number of H-pyrrole nitrogens is 1. The molecular formula is C23H21FN4O3. The van der Waals surface area contributed by atoms with E-state index in [2.05, 4.69) is 10.3 Å². The van der Waals surface area contributed by atoms with Crippen molar-refractivity contribution in [1.82, 2.24) is 9.88 Å². The lowest BCUT2D eigenvalue weighted by atomic mass is 10.0. The van der Waals surface area contributed by atoms with Gasteiger partial charge in [0.05, 0.1) is 18.2 Å². The van der Waals surface area contributed by atoms with Crippen LogP contribution in [0, 0.1) is 5.82 Å². The molecule has 0 radical (unpaired) electrons. The summed E-state index contributed by atoms with van der Waals surface area (Å²) in [6, 6.07) is 10.8. The largest absolute Gasteiger partial charge is 0.358 e. The molecule has 2 aliphatic heterocycles. The molecule has 8 heteroatoms. The van der Waals surface area contributed by atoms with Crippen molar-refractivity contribution in [1.29, 1.82) is 0 Å². The van der Waals surface area contributed by atoms with E-state index in [1.54, 1.807) is 30.3 Å². The molecule has 1 saturated heterocycles. The number of aromatic nitrogens is 1. The summed E-state index contributed by atoms with van der Waals surface area (Å²) in [7, 11) is 0.